The van der Waals surface area contributed by atoms with Crippen LogP contribution in [0.4, 0.5) is 17.1 Å². The van der Waals surface area contributed by atoms with E-state index in [1.54, 1.807) is 0 Å². The molecule has 0 unspecified atom stereocenters. The van der Waals surface area contributed by atoms with Gasteiger partial charge in [0.05, 0.1) is 12.6 Å². The molecule has 2 atom stereocenters. The van der Waals surface area contributed by atoms with E-state index < -0.39 is 0 Å². The summed E-state index contributed by atoms with van der Waals surface area (Å²) in [4.78, 5) is 35.4. The fourth-order valence-corrected chi connectivity index (χ4v) is 5.73. The molecule has 0 aliphatic carbocycles. The van der Waals surface area contributed by atoms with Gasteiger partial charge in [-0.25, -0.2) is 0 Å². The molecule has 6 heteroatoms. The molecule has 2 heterocycles. The lowest BCUT2D eigenvalue weighted by Gasteiger charge is -2.44. The van der Waals surface area contributed by atoms with Crippen LogP contribution >= 0.6 is 0 Å². The molecule has 0 radical (unpaired) electrons. The highest BCUT2D eigenvalue weighted by Crippen LogP contribution is 2.42. The summed E-state index contributed by atoms with van der Waals surface area (Å²) < 4.78 is 0. The Morgan fingerprint density at radius 1 is 0.838 bits per heavy atom. The average Bonchev–Trinajstić information content (AvgIpc) is 2.94. The van der Waals surface area contributed by atoms with Crippen molar-refractivity contribution in [1.82, 2.24) is 4.90 Å². The van der Waals surface area contributed by atoms with E-state index in [9.17, 15) is 9.59 Å². The number of hydrogen-bond acceptors (Lipinski definition) is 4. The number of para-hydroxylation sites is 3. The van der Waals surface area contributed by atoms with E-state index in [-0.39, 0.29) is 23.9 Å². The molecule has 0 spiro atoms. The smallest absolute Gasteiger partial charge is 0.241 e. The highest BCUT2D eigenvalue weighted by molar-refractivity contribution is 5.98. The summed E-state index contributed by atoms with van der Waals surface area (Å²) in [6.07, 6.45) is 1.16. The van der Waals surface area contributed by atoms with Gasteiger partial charge in [-0.05, 0) is 49.2 Å². The topological polar surface area (TPSA) is 47.1 Å². The summed E-state index contributed by atoms with van der Waals surface area (Å²) in [5, 5.41) is 0. The normalized spacial score (nSPS) is 19.8. The first-order valence-electron chi connectivity index (χ1n) is 13.4. The van der Waals surface area contributed by atoms with Gasteiger partial charge < -0.3 is 14.7 Å². The van der Waals surface area contributed by atoms with Crippen molar-refractivity contribution in [2.24, 2.45) is 0 Å². The zero-order valence-corrected chi connectivity index (χ0v) is 21.8. The van der Waals surface area contributed by atoms with Gasteiger partial charge in [0.25, 0.3) is 0 Å². The van der Waals surface area contributed by atoms with Crippen LogP contribution in [0.2, 0.25) is 0 Å². The third-order valence-electron chi connectivity index (χ3n) is 7.60. The zero-order chi connectivity index (χ0) is 25.8. The molecule has 2 aliphatic rings. The standard InChI is InChI=1S/C31H36N4O2/c1-3-30(36)34-24(2)22-29(27-16-10-11-17-28(27)34)35(26-14-8-5-9-15-26)31(37)23-32-18-20-33(21-19-32)25-12-6-4-7-13-25/h4-17,24,29H,3,18-23H2,1-2H3/t24-,29-/m0/s1. The highest BCUT2D eigenvalue weighted by Gasteiger charge is 2.38. The second-order valence-corrected chi connectivity index (χ2v) is 9.97. The molecule has 3 aromatic rings. The number of fused-ring (bicyclic) bond motifs is 1. The van der Waals surface area contributed by atoms with Gasteiger partial charge in [-0.1, -0.05) is 61.5 Å². The van der Waals surface area contributed by atoms with E-state index in [1.807, 2.05) is 71.3 Å². The molecule has 3 aromatic carbocycles. The Balaban J connectivity index is 1.39. The SMILES string of the molecule is CCC(=O)N1c2ccccc2[C@@H](N(C(=O)CN2CCN(c3ccccc3)CC2)c2ccccc2)C[C@@H]1C. The summed E-state index contributed by atoms with van der Waals surface area (Å²) in [6.45, 7) is 7.87. The Morgan fingerprint density at radius 3 is 2.14 bits per heavy atom. The Kier molecular flexibility index (Phi) is 7.56. The first-order valence-corrected chi connectivity index (χ1v) is 13.4. The molecular weight excluding hydrogens is 460 g/mol. The summed E-state index contributed by atoms with van der Waals surface area (Å²) >= 11 is 0. The predicted molar refractivity (Wildman–Crippen MR) is 150 cm³/mol. The number of carbonyl (C=O) groups is 2. The second-order valence-electron chi connectivity index (χ2n) is 9.97. The summed E-state index contributed by atoms with van der Waals surface area (Å²) in [6, 6.07) is 28.4. The van der Waals surface area contributed by atoms with E-state index in [4.69, 9.17) is 0 Å². The first-order chi connectivity index (χ1) is 18.1. The van der Waals surface area contributed by atoms with Crippen LogP contribution < -0.4 is 14.7 Å². The van der Waals surface area contributed by atoms with Crippen molar-refractivity contribution >= 4 is 28.9 Å². The minimum atomic E-state index is -0.132. The van der Waals surface area contributed by atoms with Crippen LogP contribution in [0.25, 0.3) is 0 Å². The highest BCUT2D eigenvalue weighted by atomic mass is 16.2. The quantitative estimate of drug-likeness (QED) is 0.475. The van der Waals surface area contributed by atoms with Crippen LogP contribution in [0.15, 0.2) is 84.9 Å². The fraction of sp³-hybridized carbons (Fsp3) is 0.355. The van der Waals surface area contributed by atoms with Crippen LogP contribution in [-0.4, -0.2) is 55.5 Å². The molecule has 1 fully saturated rings. The molecule has 1 saturated heterocycles. The number of amides is 2. The first kappa shape index (κ1) is 25.0. The van der Waals surface area contributed by atoms with Gasteiger partial charge in [0, 0.05) is 55.7 Å². The number of anilines is 3. The summed E-state index contributed by atoms with van der Waals surface area (Å²) in [5.74, 6) is 0.217. The van der Waals surface area contributed by atoms with Gasteiger partial charge in [-0.3, -0.25) is 14.5 Å². The van der Waals surface area contributed by atoms with Crippen molar-refractivity contribution in [3.8, 4) is 0 Å². The van der Waals surface area contributed by atoms with Crippen molar-refractivity contribution in [2.75, 3.05) is 47.4 Å². The van der Waals surface area contributed by atoms with E-state index in [0.717, 1.165) is 43.1 Å². The van der Waals surface area contributed by atoms with Gasteiger partial charge in [-0.2, -0.15) is 0 Å². The lowest BCUT2D eigenvalue weighted by molar-refractivity contribution is -0.120. The largest absolute Gasteiger partial charge is 0.369 e. The van der Waals surface area contributed by atoms with Crippen molar-refractivity contribution < 1.29 is 9.59 Å². The van der Waals surface area contributed by atoms with E-state index in [1.165, 1.54) is 5.69 Å². The summed E-state index contributed by atoms with van der Waals surface area (Å²) in [7, 11) is 0. The minimum Gasteiger partial charge on any atom is -0.369 e. The Labute approximate surface area is 220 Å². The molecule has 37 heavy (non-hydrogen) atoms. The molecule has 0 bridgehead atoms. The van der Waals surface area contributed by atoms with Crippen LogP contribution in [0.3, 0.4) is 0 Å². The summed E-state index contributed by atoms with van der Waals surface area (Å²) in [5.41, 5.74) is 4.09. The Bertz CT molecular complexity index is 1210. The monoisotopic (exact) mass is 496 g/mol. The number of rotatable bonds is 6. The maximum atomic E-state index is 14.0. The number of carbonyl (C=O) groups excluding carboxylic acids is 2. The van der Waals surface area contributed by atoms with E-state index in [2.05, 4.69) is 47.1 Å². The van der Waals surface area contributed by atoms with E-state index in [0.29, 0.717) is 19.4 Å². The number of benzene rings is 3. The zero-order valence-electron chi connectivity index (χ0n) is 21.8. The molecule has 6 nitrogen and oxygen atoms in total. The molecule has 2 amide bonds. The molecule has 2 aliphatic heterocycles. The minimum absolute atomic E-state index is 0.000722. The van der Waals surface area contributed by atoms with Crippen LogP contribution in [0.5, 0.6) is 0 Å². The second kappa shape index (κ2) is 11.2. The van der Waals surface area contributed by atoms with Crippen molar-refractivity contribution in [2.45, 2.75) is 38.8 Å². The molecule has 192 valence electrons. The van der Waals surface area contributed by atoms with E-state index >= 15 is 0 Å². The maximum Gasteiger partial charge on any atom is 0.241 e. The van der Waals surface area contributed by atoms with Crippen molar-refractivity contribution in [3.63, 3.8) is 0 Å². The lowest BCUT2D eigenvalue weighted by Crippen LogP contribution is -2.52. The number of hydrogen-bond donors (Lipinski definition) is 0. The lowest BCUT2D eigenvalue weighted by atomic mass is 9.89. The molecule has 0 saturated carbocycles. The third-order valence-corrected chi connectivity index (χ3v) is 7.60. The van der Waals surface area contributed by atoms with Crippen LogP contribution in [-0.2, 0) is 9.59 Å². The number of piperazine rings is 1. The molecular formula is C31H36N4O2. The van der Waals surface area contributed by atoms with Gasteiger partial charge in [0.2, 0.25) is 11.8 Å². The number of nitrogens with zero attached hydrogens (tertiary/aromatic N) is 4. The molecule has 0 aromatic heterocycles. The fourth-order valence-electron chi connectivity index (χ4n) is 5.73. The Hall–Kier alpha value is -3.64. The van der Waals surface area contributed by atoms with Gasteiger partial charge >= 0.3 is 0 Å². The Morgan fingerprint density at radius 2 is 1.46 bits per heavy atom. The molecule has 0 N–H and O–H groups in total. The van der Waals surface area contributed by atoms with Crippen molar-refractivity contribution in [3.05, 3.63) is 90.5 Å². The van der Waals surface area contributed by atoms with Gasteiger partial charge in [-0.15, -0.1) is 0 Å². The van der Waals surface area contributed by atoms with Crippen LogP contribution in [0.1, 0.15) is 38.3 Å². The van der Waals surface area contributed by atoms with Crippen molar-refractivity contribution in [1.29, 1.82) is 0 Å². The van der Waals surface area contributed by atoms with Gasteiger partial charge in [0.15, 0.2) is 0 Å². The maximum absolute atomic E-state index is 14.0. The third kappa shape index (κ3) is 5.25. The predicted octanol–water partition coefficient (Wildman–Crippen LogP) is 5.12. The van der Waals surface area contributed by atoms with Gasteiger partial charge in [0.1, 0.15) is 0 Å². The van der Waals surface area contributed by atoms with Crippen LogP contribution in [0, 0.1) is 0 Å². The average molecular weight is 497 g/mol. The molecule has 5 rings (SSSR count).